The summed E-state index contributed by atoms with van der Waals surface area (Å²) in [6, 6.07) is 10.9. The van der Waals surface area contributed by atoms with Crippen LogP contribution in [0.2, 0.25) is 5.02 Å². The lowest BCUT2D eigenvalue weighted by molar-refractivity contribution is -0.121. The normalized spacial score (nSPS) is 15.5. The first kappa shape index (κ1) is 19.1. The summed E-state index contributed by atoms with van der Waals surface area (Å²) in [5, 5.41) is 3.43. The Morgan fingerprint density at radius 2 is 1.70 bits per heavy atom. The molecule has 2 unspecified atom stereocenters. The maximum Gasteiger partial charge on any atom is 0.262 e. The van der Waals surface area contributed by atoms with Crippen molar-refractivity contribution in [1.29, 1.82) is 0 Å². The summed E-state index contributed by atoms with van der Waals surface area (Å²) in [5.74, 6) is -1.43. The molecule has 140 valence electrons. The van der Waals surface area contributed by atoms with Crippen LogP contribution in [-0.4, -0.2) is 28.7 Å². The largest absolute Gasteiger partial charge is 0.324 e. The molecule has 2 aromatic rings. The molecule has 0 saturated heterocycles. The van der Waals surface area contributed by atoms with Gasteiger partial charge in [-0.3, -0.25) is 19.3 Å². The van der Waals surface area contributed by atoms with Crippen molar-refractivity contribution in [2.75, 3.05) is 5.32 Å². The molecular formula is C21H21ClN2O3. The summed E-state index contributed by atoms with van der Waals surface area (Å²) in [5.41, 5.74) is 2.09. The van der Waals surface area contributed by atoms with Gasteiger partial charge < -0.3 is 5.32 Å². The summed E-state index contributed by atoms with van der Waals surface area (Å²) < 4.78 is 0. The fourth-order valence-corrected chi connectivity index (χ4v) is 3.51. The van der Waals surface area contributed by atoms with Crippen molar-refractivity contribution >= 4 is 35.0 Å². The number of nitrogens with one attached hydrogen (secondary N) is 1. The molecule has 2 aromatic carbocycles. The predicted molar refractivity (Wildman–Crippen MR) is 105 cm³/mol. The van der Waals surface area contributed by atoms with Gasteiger partial charge in [0, 0.05) is 10.7 Å². The lowest BCUT2D eigenvalue weighted by atomic mass is 9.96. The fraction of sp³-hybridized carbons (Fsp3) is 0.286. The highest BCUT2D eigenvalue weighted by molar-refractivity contribution is 6.30. The number of hydrogen-bond acceptors (Lipinski definition) is 3. The van der Waals surface area contributed by atoms with Crippen LogP contribution >= 0.6 is 11.6 Å². The number of anilines is 1. The van der Waals surface area contributed by atoms with Crippen molar-refractivity contribution in [3.05, 3.63) is 64.2 Å². The molecule has 0 spiro atoms. The van der Waals surface area contributed by atoms with Gasteiger partial charge in [0.1, 0.15) is 6.04 Å². The second-order valence-corrected chi connectivity index (χ2v) is 7.24. The van der Waals surface area contributed by atoms with E-state index in [9.17, 15) is 14.4 Å². The van der Waals surface area contributed by atoms with Crippen molar-refractivity contribution in [3.8, 4) is 0 Å². The summed E-state index contributed by atoms with van der Waals surface area (Å²) in [6.45, 7) is 5.63. The smallest absolute Gasteiger partial charge is 0.262 e. The number of benzene rings is 2. The van der Waals surface area contributed by atoms with Gasteiger partial charge >= 0.3 is 0 Å². The van der Waals surface area contributed by atoms with Gasteiger partial charge in [0.25, 0.3) is 11.8 Å². The second kappa shape index (κ2) is 7.53. The third-order valence-corrected chi connectivity index (χ3v) is 5.24. The van der Waals surface area contributed by atoms with E-state index in [-0.39, 0.29) is 11.8 Å². The molecule has 1 aliphatic heterocycles. The van der Waals surface area contributed by atoms with Gasteiger partial charge in [-0.1, -0.05) is 44.0 Å². The van der Waals surface area contributed by atoms with Gasteiger partial charge in [0.05, 0.1) is 11.1 Å². The fourth-order valence-electron chi connectivity index (χ4n) is 3.29. The predicted octanol–water partition coefficient (Wildman–Crippen LogP) is 4.30. The zero-order valence-corrected chi connectivity index (χ0v) is 16.2. The first-order valence-electron chi connectivity index (χ1n) is 8.89. The Labute approximate surface area is 163 Å². The molecule has 1 N–H and O–H groups in total. The number of amides is 3. The minimum atomic E-state index is -0.891. The number of fused-ring (bicyclic) bond motifs is 1. The Bertz CT molecular complexity index is 890. The number of imide groups is 1. The Kier molecular flexibility index (Phi) is 5.33. The summed E-state index contributed by atoms with van der Waals surface area (Å²) in [6.07, 6.45) is 0.644. The number of carbonyl (C=O) groups excluding carboxylic acids is 3. The van der Waals surface area contributed by atoms with E-state index in [1.54, 1.807) is 42.5 Å². The van der Waals surface area contributed by atoms with Crippen molar-refractivity contribution in [1.82, 2.24) is 4.90 Å². The van der Waals surface area contributed by atoms with Gasteiger partial charge in [0.15, 0.2) is 0 Å². The molecule has 27 heavy (non-hydrogen) atoms. The summed E-state index contributed by atoms with van der Waals surface area (Å²) in [4.78, 5) is 39.9. The van der Waals surface area contributed by atoms with Crippen LogP contribution in [0.15, 0.2) is 42.5 Å². The number of rotatable bonds is 5. The molecule has 2 atom stereocenters. The monoisotopic (exact) mass is 384 g/mol. The van der Waals surface area contributed by atoms with Gasteiger partial charge in [-0.15, -0.1) is 0 Å². The number of nitrogens with zero attached hydrogens (tertiary/aromatic N) is 1. The van der Waals surface area contributed by atoms with Crippen LogP contribution in [-0.2, 0) is 4.79 Å². The molecular weight excluding hydrogens is 364 g/mol. The number of aryl methyl sites for hydroxylation is 1. The topological polar surface area (TPSA) is 66.5 Å². The first-order valence-corrected chi connectivity index (χ1v) is 9.26. The number of hydrogen-bond donors (Lipinski definition) is 1. The average molecular weight is 385 g/mol. The Balaban J connectivity index is 1.94. The standard InChI is InChI=1S/C21H21ClN2O3/c1-4-12(2)18(19(25)23-17-10-9-14(22)11-13(17)3)24-20(26)15-7-5-6-8-16(15)21(24)27/h5-12,18H,4H2,1-3H3,(H,23,25). The highest BCUT2D eigenvalue weighted by atomic mass is 35.5. The third-order valence-electron chi connectivity index (χ3n) is 5.00. The molecule has 0 aliphatic carbocycles. The number of halogens is 1. The molecule has 3 amide bonds. The average Bonchev–Trinajstić information content (AvgIpc) is 2.89. The first-order chi connectivity index (χ1) is 12.8. The minimum absolute atomic E-state index is 0.195. The van der Waals surface area contributed by atoms with E-state index < -0.39 is 17.9 Å². The van der Waals surface area contributed by atoms with E-state index in [0.29, 0.717) is 28.3 Å². The van der Waals surface area contributed by atoms with E-state index >= 15 is 0 Å². The van der Waals surface area contributed by atoms with Crippen LogP contribution < -0.4 is 5.32 Å². The van der Waals surface area contributed by atoms with Gasteiger partial charge in [-0.25, -0.2) is 0 Å². The quantitative estimate of drug-likeness (QED) is 0.781. The highest BCUT2D eigenvalue weighted by Gasteiger charge is 2.44. The van der Waals surface area contributed by atoms with E-state index in [4.69, 9.17) is 11.6 Å². The zero-order valence-electron chi connectivity index (χ0n) is 15.5. The van der Waals surface area contributed by atoms with Crippen LogP contribution in [0, 0.1) is 12.8 Å². The molecule has 0 saturated carbocycles. The highest BCUT2D eigenvalue weighted by Crippen LogP contribution is 2.29. The molecule has 1 heterocycles. The maximum absolute atomic E-state index is 13.1. The van der Waals surface area contributed by atoms with E-state index in [0.717, 1.165) is 10.5 Å². The van der Waals surface area contributed by atoms with E-state index in [2.05, 4.69) is 5.32 Å². The lowest BCUT2D eigenvalue weighted by Crippen LogP contribution is -2.50. The molecule has 5 nitrogen and oxygen atoms in total. The van der Waals surface area contributed by atoms with Crippen LogP contribution in [0.25, 0.3) is 0 Å². The Morgan fingerprint density at radius 1 is 1.11 bits per heavy atom. The zero-order chi connectivity index (χ0) is 19.7. The van der Waals surface area contributed by atoms with Crippen molar-refractivity contribution in [3.63, 3.8) is 0 Å². The van der Waals surface area contributed by atoms with Gasteiger partial charge in [0.2, 0.25) is 5.91 Å². The molecule has 3 rings (SSSR count). The molecule has 1 aliphatic rings. The molecule has 0 bridgehead atoms. The molecule has 0 fully saturated rings. The van der Waals surface area contributed by atoms with Crippen molar-refractivity contribution in [2.24, 2.45) is 5.92 Å². The minimum Gasteiger partial charge on any atom is -0.324 e. The lowest BCUT2D eigenvalue weighted by Gasteiger charge is -2.30. The van der Waals surface area contributed by atoms with E-state index in [1.807, 2.05) is 20.8 Å². The van der Waals surface area contributed by atoms with Gasteiger partial charge in [-0.2, -0.15) is 0 Å². The van der Waals surface area contributed by atoms with Gasteiger partial charge in [-0.05, 0) is 48.7 Å². The van der Waals surface area contributed by atoms with E-state index in [1.165, 1.54) is 0 Å². The SMILES string of the molecule is CCC(C)C(C(=O)Nc1ccc(Cl)cc1C)N1C(=O)c2ccccc2C1=O. The van der Waals surface area contributed by atoms with Crippen LogP contribution in [0.1, 0.15) is 46.5 Å². The van der Waals surface area contributed by atoms with Crippen molar-refractivity contribution in [2.45, 2.75) is 33.2 Å². The summed E-state index contributed by atoms with van der Waals surface area (Å²) in [7, 11) is 0. The van der Waals surface area contributed by atoms with Crippen LogP contribution in [0.5, 0.6) is 0 Å². The Hall–Kier alpha value is -2.66. The van der Waals surface area contributed by atoms with Crippen LogP contribution in [0.3, 0.4) is 0 Å². The Morgan fingerprint density at radius 3 is 2.22 bits per heavy atom. The van der Waals surface area contributed by atoms with Crippen LogP contribution in [0.4, 0.5) is 5.69 Å². The molecule has 6 heteroatoms. The molecule has 0 radical (unpaired) electrons. The summed E-state index contributed by atoms with van der Waals surface area (Å²) >= 11 is 5.97. The third kappa shape index (κ3) is 3.47. The molecule has 0 aromatic heterocycles. The maximum atomic E-state index is 13.1. The number of carbonyl (C=O) groups is 3. The van der Waals surface area contributed by atoms with Crippen molar-refractivity contribution < 1.29 is 14.4 Å². The second-order valence-electron chi connectivity index (χ2n) is 6.80.